The number of amides is 1. The largest absolute Gasteiger partial charge is 0.346 e. The molecule has 0 aromatic heterocycles. The number of nitro groups is 2. The van der Waals surface area contributed by atoms with E-state index in [1.165, 1.54) is 0 Å². The van der Waals surface area contributed by atoms with Crippen molar-refractivity contribution < 1.29 is 14.6 Å². The van der Waals surface area contributed by atoms with E-state index in [2.05, 4.69) is 5.32 Å². The number of benzene rings is 2. The second kappa shape index (κ2) is 6.41. The summed E-state index contributed by atoms with van der Waals surface area (Å²) in [6.07, 6.45) is 0. The van der Waals surface area contributed by atoms with Crippen molar-refractivity contribution in [2.24, 2.45) is 0 Å². The summed E-state index contributed by atoms with van der Waals surface area (Å²) in [5, 5.41) is 24.5. The summed E-state index contributed by atoms with van der Waals surface area (Å²) >= 11 is 6.06. The number of nitrogens with zero attached hydrogens (tertiary/aromatic N) is 2. The number of halogens is 1. The summed E-state index contributed by atoms with van der Waals surface area (Å²) in [7, 11) is 0. The summed E-state index contributed by atoms with van der Waals surface area (Å²) in [6, 6.07) is 7.95. The summed E-state index contributed by atoms with van der Waals surface area (Å²) in [5.41, 5.74) is -0.421. The molecule has 23 heavy (non-hydrogen) atoms. The first-order valence-corrected chi connectivity index (χ1v) is 6.68. The molecule has 0 aliphatic heterocycles. The summed E-state index contributed by atoms with van der Waals surface area (Å²) < 4.78 is 0. The van der Waals surface area contributed by atoms with Crippen LogP contribution in [0.4, 0.5) is 17.1 Å². The van der Waals surface area contributed by atoms with E-state index in [9.17, 15) is 25.0 Å². The fourth-order valence-corrected chi connectivity index (χ4v) is 2.08. The molecule has 0 fully saturated rings. The van der Waals surface area contributed by atoms with Gasteiger partial charge >= 0.3 is 11.4 Å². The van der Waals surface area contributed by atoms with Crippen molar-refractivity contribution in [2.75, 3.05) is 5.32 Å². The van der Waals surface area contributed by atoms with Crippen molar-refractivity contribution in [2.45, 2.75) is 6.92 Å². The standard InChI is InChI=1S/C14H10ClN3O5/c1-8-3-2-4-10(13(8)15)16-14(19)9-5-6-11(17(20)21)12(7-9)18(22)23/h2-7H,1H3,(H,16,19). The number of aryl methyl sites for hydroxylation is 1. The molecule has 0 bridgehead atoms. The molecule has 0 unspecified atom stereocenters. The maximum Gasteiger partial charge on any atom is 0.346 e. The van der Waals surface area contributed by atoms with Crippen LogP contribution in [0.15, 0.2) is 36.4 Å². The minimum atomic E-state index is -0.908. The minimum Gasteiger partial charge on any atom is -0.321 e. The van der Waals surface area contributed by atoms with Crippen LogP contribution in [0.3, 0.4) is 0 Å². The van der Waals surface area contributed by atoms with Crippen LogP contribution in [-0.2, 0) is 0 Å². The third-order valence-electron chi connectivity index (χ3n) is 3.07. The highest BCUT2D eigenvalue weighted by Gasteiger charge is 2.25. The molecule has 0 aliphatic carbocycles. The highest BCUT2D eigenvalue weighted by atomic mass is 35.5. The molecular formula is C14H10ClN3O5. The van der Waals surface area contributed by atoms with Crippen molar-refractivity contribution >= 4 is 34.6 Å². The second-order valence-corrected chi connectivity index (χ2v) is 4.99. The van der Waals surface area contributed by atoms with Crippen LogP contribution in [0.25, 0.3) is 0 Å². The highest BCUT2D eigenvalue weighted by Crippen LogP contribution is 2.29. The van der Waals surface area contributed by atoms with Gasteiger partial charge in [-0.15, -0.1) is 0 Å². The Balaban J connectivity index is 2.36. The van der Waals surface area contributed by atoms with E-state index in [4.69, 9.17) is 11.6 Å². The van der Waals surface area contributed by atoms with Crippen LogP contribution in [-0.4, -0.2) is 15.8 Å². The lowest BCUT2D eigenvalue weighted by atomic mass is 10.1. The summed E-state index contributed by atoms with van der Waals surface area (Å²) in [5.74, 6) is -0.657. The van der Waals surface area contributed by atoms with Gasteiger partial charge in [-0.2, -0.15) is 0 Å². The first-order valence-electron chi connectivity index (χ1n) is 6.30. The Kier molecular flexibility index (Phi) is 4.56. The number of nitro benzene ring substituents is 2. The Morgan fingerprint density at radius 3 is 2.35 bits per heavy atom. The number of hydrogen-bond donors (Lipinski definition) is 1. The van der Waals surface area contributed by atoms with Crippen LogP contribution in [0.5, 0.6) is 0 Å². The zero-order valence-electron chi connectivity index (χ0n) is 11.8. The highest BCUT2D eigenvalue weighted by molar-refractivity contribution is 6.34. The average molecular weight is 336 g/mol. The number of hydrogen-bond acceptors (Lipinski definition) is 5. The van der Waals surface area contributed by atoms with Crippen LogP contribution in [0.1, 0.15) is 15.9 Å². The molecule has 0 radical (unpaired) electrons. The van der Waals surface area contributed by atoms with Crippen LogP contribution < -0.4 is 5.32 Å². The maximum absolute atomic E-state index is 12.2. The van der Waals surface area contributed by atoms with E-state index >= 15 is 0 Å². The normalized spacial score (nSPS) is 10.2. The molecular weight excluding hydrogens is 326 g/mol. The quantitative estimate of drug-likeness (QED) is 0.675. The Labute approximate surface area is 135 Å². The lowest BCUT2D eigenvalue weighted by molar-refractivity contribution is -0.422. The van der Waals surface area contributed by atoms with Gasteiger partial charge in [0, 0.05) is 17.7 Å². The zero-order chi connectivity index (χ0) is 17.1. The lowest BCUT2D eigenvalue weighted by Gasteiger charge is -2.08. The van der Waals surface area contributed by atoms with E-state index in [0.717, 1.165) is 23.8 Å². The fourth-order valence-electron chi connectivity index (χ4n) is 1.90. The van der Waals surface area contributed by atoms with E-state index in [-0.39, 0.29) is 5.56 Å². The first kappa shape index (κ1) is 16.4. The molecule has 0 aliphatic rings. The average Bonchev–Trinajstić information content (AvgIpc) is 2.51. The zero-order valence-corrected chi connectivity index (χ0v) is 12.5. The third-order valence-corrected chi connectivity index (χ3v) is 3.57. The summed E-state index contributed by atoms with van der Waals surface area (Å²) in [6.45, 7) is 1.76. The maximum atomic E-state index is 12.2. The molecule has 9 heteroatoms. The molecule has 2 aromatic rings. The number of nitrogens with one attached hydrogen (secondary N) is 1. The van der Waals surface area contributed by atoms with Gasteiger partial charge in [-0.25, -0.2) is 0 Å². The predicted molar refractivity (Wildman–Crippen MR) is 83.9 cm³/mol. The van der Waals surface area contributed by atoms with Gasteiger partial charge in [-0.1, -0.05) is 23.7 Å². The van der Waals surface area contributed by atoms with Gasteiger partial charge in [-0.3, -0.25) is 25.0 Å². The molecule has 2 rings (SSSR count). The van der Waals surface area contributed by atoms with Crippen LogP contribution in [0.2, 0.25) is 5.02 Å². The Morgan fingerprint density at radius 2 is 1.74 bits per heavy atom. The van der Waals surface area contributed by atoms with Crippen molar-refractivity contribution in [3.8, 4) is 0 Å². The number of carbonyl (C=O) groups is 1. The van der Waals surface area contributed by atoms with Crippen molar-refractivity contribution in [3.63, 3.8) is 0 Å². The molecule has 2 aromatic carbocycles. The van der Waals surface area contributed by atoms with Gasteiger partial charge in [-0.05, 0) is 24.6 Å². The van der Waals surface area contributed by atoms with E-state index in [1.54, 1.807) is 25.1 Å². The molecule has 0 spiro atoms. The smallest absolute Gasteiger partial charge is 0.321 e. The topological polar surface area (TPSA) is 115 Å². The van der Waals surface area contributed by atoms with Gasteiger partial charge in [0.25, 0.3) is 5.91 Å². The van der Waals surface area contributed by atoms with Crippen molar-refractivity contribution in [1.82, 2.24) is 0 Å². The number of anilines is 1. The number of rotatable bonds is 4. The van der Waals surface area contributed by atoms with Gasteiger partial charge in [0.05, 0.1) is 20.6 Å². The van der Waals surface area contributed by atoms with Crippen LogP contribution >= 0.6 is 11.6 Å². The van der Waals surface area contributed by atoms with Crippen LogP contribution in [0, 0.1) is 27.2 Å². The van der Waals surface area contributed by atoms with E-state index in [0.29, 0.717) is 10.7 Å². The Bertz CT molecular complexity index is 822. The van der Waals surface area contributed by atoms with E-state index < -0.39 is 27.1 Å². The molecule has 0 saturated heterocycles. The molecule has 8 nitrogen and oxygen atoms in total. The SMILES string of the molecule is Cc1cccc(NC(=O)c2ccc([N+](=O)[O-])c([N+](=O)[O-])c2)c1Cl. The molecule has 1 N–H and O–H groups in total. The summed E-state index contributed by atoms with van der Waals surface area (Å²) in [4.78, 5) is 32.1. The lowest BCUT2D eigenvalue weighted by Crippen LogP contribution is -2.13. The molecule has 0 saturated carbocycles. The Morgan fingerprint density at radius 1 is 1.09 bits per heavy atom. The minimum absolute atomic E-state index is 0.0835. The Hall–Kier alpha value is -3.00. The predicted octanol–water partition coefficient (Wildman–Crippen LogP) is 3.72. The first-order chi connectivity index (χ1) is 10.8. The fraction of sp³-hybridized carbons (Fsp3) is 0.0714. The van der Waals surface area contributed by atoms with Gasteiger partial charge in [0.1, 0.15) is 0 Å². The molecule has 1 amide bonds. The van der Waals surface area contributed by atoms with Gasteiger partial charge in [0.15, 0.2) is 0 Å². The second-order valence-electron chi connectivity index (χ2n) is 4.61. The molecule has 0 heterocycles. The monoisotopic (exact) mass is 335 g/mol. The van der Waals surface area contributed by atoms with E-state index in [1.807, 2.05) is 0 Å². The third kappa shape index (κ3) is 3.43. The number of carbonyl (C=O) groups excluding carboxylic acids is 1. The van der Waals surface area contributed by atoms with Gasteiger partial charge < -0.3 is 5.32 Å². The van der Waals surface area contributed by atoms with Crippen molar-refractivity contribution in [1.29, 1.82) is 0 Å². The van der Waals surface area contributed by atoms with Crippen molar-refractivity contribution in [3.05, 3.63) is 72.8 Å². The van der Waals surface area contributed by atoms with Gasteiger partial charge in [0.2, 0.25) is 0 Å². The molecule has 0 atom stereocenters. The molecule has 118 valence electrons.